The average Bonchev–Trinajstić information content (AvgIpc) is 3.40. The Hall–Kier alpha value is -3.15. The Bertz CT molecular complexity index is 1000. The van der Waals surface area contributed by atoms with Gasteiger partial charge in [0, 0.05) is 36.8 Å². The van der Waals surface area contributed by atoms with Gasteiger partial charge in [-0.25, -0.2) is 4.98 Å². The molecule has 2 aromatic carbocycles. The van der Waals surface area contributed by atoms with E-state index in [0.717, 1.165) is 16.9 Å². The van der Waals surface area contributed by atoms with Gasteiger partial charge in [0.05, 0.1) is 11.0 Å². The van der Waals surface area contributed by atoms with Crippen LogP contribution in [0.5, 0.6) is 0 Å². The largest absolute Gasteiger partial charge is 0.331 e. The van der Waals surface area contributed by atoms with Crippen molar-refractivity contribution in [1.29, 1.82) is 0 Å². The molecule has 1 aromatic heterocycles. The number of nitrogens with one attached hydrogen (secondary N) is 2. The van der Waals surface area contributed by atoms with Gasteiger partial charge in [-0.15, -0.1) is 0 Å². The minimum absolute atomic E-state index is 0.129. The summed E-state index contributed by atoms with van der Waals surface area (Å²) in [5.41, 5.74) is 3.83. The Kier molecular flexibility index (Phi) is 3.95. The molecule has 1 saturated carbocycles. The van der Waals surface area contributed by atoms with Crippen LogP contribution in [0.15, 0.2) is 42.5 Å². The maximum Gasteiger partial charge on any atom is 0.255 e. The molecule has 1 aliphatic rings. The van der Waals surface area contributed by atoms with E-state index >= 15 is 0 Å². The molecule has 1 heterocycles. The Balaban J connectivity index is 1.53. The number of amides is 2. The molecule has 0 unspecified atom stereocenters. The van der Waals surface area contributed by atoms with E-state index in [9.17, 15) is 9.59 Å². The zero-order valence-corrected chi connectivity index (χ0v) is 14.7. The summed E-state index contributed by atoms with van der Waals surface area (Å²) in [6.07, 6.45) is 2.39. The minimum atomic E-state index is -0.183. The first-order valence-electron chi connectivity index (χ1n) is 8.66. The zero-order chi connectivity index (χ0) is 18.3. The van der Waals surface area contributed by atoms with Crippen molar-refractivity contribution in [3.05, 3.63) is 53.9 Å². The third kappa shape index (κ3) is 3.18. The Morgan fingerprint density at radius 1 is 1.04 bits per heavy atom. The number of anilines is 2. The van der Waals surface area contributed by atoms with Crippen molar-refractivity contribution in [3.8, 4) is 0 Å². The molecule has 6 nitrogen and oxygen atoms in total. The number of rotatable bonds is 4. The first-order valence-corrected chi connectivity index (χ1v) is 8.66. The van der Waals surface area contributed by atoms with Crippen LogP contribution in [0, 0.1) is 0 Å². The molecular weight excluding hydrogens is 328 g/mol. The predicted molar refractivity (Wildman–Crippen MR) is 101 cm³/mol. The molecule has 2 amide bonds. The monoisotopic (exact) mass is 348 g/mol. The molecule has 26 heavy (non-hydrogen) atoms. The highest BCUT2D eigenvalue weighted by molar-refractivity contribution is 6.06. The fourth-order valence-corrected chi connectivity index (χ4v) is 3.11. The number of fused-ring (bicyclic) bond motifs is 1. The van der Waals surface area contributed by atoms with Gasteiger partial charge in [-0.2, -0.15) is 0 Å². The lowest BCUT2D eigenvalue weighted by molar-refractivity contribution is -0.114. The van der Waals surface area contributed by atoms with Crippen molar-refractivity contribution in [3.63, 3.8) is 0 Å². The molecule has 0 saturated heterocycles. The van der Waals surface area contributed by atoms with Crippen molar-refractivity contribution < 1.29 is 9.59 Å². The van der Waals surface area contributed by atoms with E-state index in [-0.39, 0.29) is 11.8 Å². The van der Waals surface area contributed by atoms with Gasteiger partial charge in [-0.05, 0) is 55.3 Å². The van der Waals surface area contributed by atoms with Crippen LogP contribution < -0.4 is 10.6 Å². The highest BCUT2D eigenvalue weighted by Gasteiger charge is 2.28. The minimum Gasteiger partial charge on any atom is -0.331 e. The first kappa shape index (κ1) is 16.3. The van der Waals surface area contributed by atoms with E-state index in [1.807, 2.05) is 25.2 Å². The van der Waals surface area contributed by atoms with Crippen LogP contribution in [0.1, 0.15) is 41.9 Å². The van der Waals surface area contributed by atoms with Crippen molar-refractivity contribution in [2.45, 2.75) is 25.7 Å². The third-order valence-electron chi connectivity index (χ3n) is 4.58. The summed E-state index contributed by atoms with van der Waals surface area (Å²) in [6, 6.07) is 12.6. The van der Waals surface area contributed by atoms with E-state index in [1.54, 1.807) is 24.3 Å². The highest BCUT2D eigenvalue weighted by Crippen LogP contribution is 2.40. The number of aromatic nitrogens is 2. The van der Waals surface area contributed by atoms with Crippen molar-refractivity contribution in [1.82, 2.24) is 9.55 Å². The summed E-state index contributed by atoms with van der Waals surface area (Å²) in [6.45, 7) is 1.46. The van der Waals surface area contributed by atoms with Gasteiger partial charge in [-0.1, -0.05) is 0 Å². The standard InChI is InChI=1S/C20H20N4O2/c1-12(25)21-15-6-8-16(9-7-15)22-20(26)14-5-10-18-17(11-14)23-19(24(18)2)13-3-4-13/h5-11,13H,3-4H2,1-2H3,(H,21,25)(H,22,26). The molecule has 3 aromatic rings. The SMILES string of the molecule is CC(=O)Nc1ccc(NC(=O)c2ccc3c(c2)nc(C2CC2)n3C)cc1. The summed E-state index contributed by atoms with van der Waals surface area (Å²) in [5, 5.41) is 5.57. The number of imidazole rings is 1. The van der Waals surface area contributed by atoms with Gasteiger partial charge in [0.1, 0.15) is 5.82 Å². The summed E-state index contributed by atoms with van der Waals surface area (Å²) in [4.78, 5) is 28.3. The maximum absolute atomic E-state index is 12.5. The van der Waals surface area contributed by atoms with Gasteiger partial charge < -0.3 is 15.2 Å². The van der Waals surface area contributed by atoms with E-state index in [1.165, 1.54) is 19.8 Å². The van der Waals surface area contributed by atoms with Crippen molar-refractivity contribution in [2.75, 3.05) is 10.6 Å². The molecule has 1 aliphatic carbocycles. The van der Waals surface area contributed by atoms with Crippen LogP contribution >= 0.6 is 0 Å². The maximum atomic E-state index is 12.5. The number of nitrogens with zero attached hydrogens (tertiary/aromatic N) is 2. The molecule has 4 rings (SSSR count). The van der Waals surface area contributed by atoms with E-state index in [0.29, 0.717) is 22.9 Å². The Morgan fingerprint density at radius 2 is 1.69 bits per heavy atom. The third-order valence-corrected chi connectivity index (χ3v) is 4.58. The lowest BCUT2D eigenvalue weighted by atomic mass is 10.2. The highest BCUT2D eigenvalue weighted by atomic mass is 16.2. The Morgan fingerprint density at radius 3 is 2.31 bits per heavy atom. The second-order valence-corrected chi connectivity index (χ2v) is 6.72. The van der Waals surface area contributed by atoms with E-state index in [4.69, 9.17) is 4.98 Å². The topological polar surface area (TPSA) is 76.0 Å². The zero-order valence-electron chi connectivity index (χ0n) is 14.7. The smallest absolute Gasteiger partial charge is 0.255 e. The van der Waals surface area contributed by atoms with Crippen LogP contribution in [0.3, 0.4) is 0 Å². The lowest BCUT2D eigenvalue weighted by Gasteiger charge is -2.07. The van der Waals surface area contributed by atoms with E-state index in [2.05, 4.69) is 15.2 Å². The molecular formula is C20H20N4O2. The van der Waals surface area contributed by atoms with Gasteiger partial charge in [0.15, 0.2) is 0 Å². The summed E-state index contributed by atoms with van der Waals surface area (Å²) in [7, 11) is 2.03. The summed E-state index contributed by atoms with van der Waals surface area (Å²) in [5.74, 6) is 1.35. The van der Waals surface area contributed by atoms with Gasteiger partial charge in [-0.3, -0.25) is 9.59 Å². The fourth-order valence-electron chi connectivity index (χ4n) is 3.11. The van der Waals surface area contributed by atoms with Crippen LogP contribution in [0.25, 0.3) is 11.0 Å². The van der Waals surface area contributed by atoms with E-state index < -0.39 is 0 Å². The number of carbonyl (C=O) groups excluding carboxylic acids is 2. The number of aryl methyl sites for hydroxylation is 1. The quantitative estimate of drug-likeness (QED) is 0.755. The van der Waals surface area contributed by atoms with Crippen LogP contribution in [0.4, 0.5) is 11.4 Å². The molecule has 0 atom stereocenters. The second-order valence-electron chi connectivity index (χ2n) is 6.72. The molecule has 1 fully saturated rings. The number of carbonyl (C=O) groups is 2. The van der Waals surface area contributed by atoms with Gasteiger partial charge in [0.2, 0.25) is 5.91 Å². The van der Waals surface area contributed by atoms with Crippen molar-refractivity contribution >= 4 is 34.2 Å². The normalized spacial score (nSPS) is 13.6. The van der Waals surface area contributed by atoms with Crippen LogP contribution in [-0.4, -0.2) is 21.4 Å². The summed E-state index contributed by atoms with van der Waals surface area (Å²) < 4.78 is 2.12. The molecule has 2 N–H and O–H groups in total. The fraction of sp³-hybridized carbons (Fsp3) is 0.250. The molecule has 6 heteroatoms. The first-order chi connectivity index (χ1) is 12.5. The van der Waals surface area contributed by atoms with Crippen LogP contribution in [0.2, 0.25) is 0 Å². The molecule has 0 aliphatic heterocycles. The molecule has 0 radical (unpaired) electrons. The molecule has 0 bridgehead atoms. The average molecular weight is 348 g/mol. The predicted octanol–water partition coefficient (Wildman–Crippen LogP) is 3.66. The number of benzene rings is 2. The van der Waals surface area contributed by atoms with Crippen molar-refractivity contribution in [2.24, 2.45) is 7.05 Å². The van der Waals surface area contributed by atoms with Gasteiger partial charge in [0.25, 0.3) is 5.91 Å². The number of hydrogen-bond donors (Lipinski definition) is 2. The molecule has 132 valence electrons. The van der Waals surface area contributed by atoms with Gasteiger partial charge >= 0.3 is 0 Å². The van der Waals surface area contributed by atoms with Crippen LogP contribution in [-0.2, 0) is 11.8 Å². The number of hydrogen-bond acceptors (Lipinski definition) is 3. The molecule has 0 spiro atoms. The lowest BCUT2D eigenvalue weighted by Crippen LogP contribution is -2.12. The Labute approximate surface area is 151 Å². The summed E-state index contributed by atoms with van der Waals surface area (Å²) >= 11 is 0. The second kappa shape index (κ2) is 6.29.